The molecule has 1 atom stereocenters. The van der Waals surface area contributed by atoms with Crippen molar-refractivity contribution in [3.05, 3.63) is 35.9 Å². The lowest BCUT2D eigenvalue weighted by Crippen LogP contribution is -2.52. The molecule has 2 fully saturated rings. The van der Waals surface area contributed by atoms with Gasteiger partial charge >= 0.3 is 0 Å². The highest BCUT2D eigenvalue weighted by Crippen LogP contribution is 2.35. The molecule has 18 heavy (non-hydrogen) atoms. The Bertz CT molecular complexity index is 385. The Morgan fingerprint density at radius 2 is 1.94 bits per heavy atom. The molecule has 2 saturated heterocycles. The van der Waals surface area contributed by atoms with E-state index in [4.69, 9.17) is 10.5 Å². The van der Waals surface area contributed by atoms with Gasteiger partial charge in [0.1, 0.15) is 0 Å². The van der Waals surface area contributed by atoms with E-state index in [1.54, 1.807) is 0 Å². The van der Waals surface area contributed by atoms with Gasteiger partial charge in [-0.05, 0) is 24.8 Å². The Balaban J connectivity index is 1.57. The molecule has 3 rings (SSSR count). The van der Waals surface area contributed by atoms with Crippen molar-refractivity contribution in [1.29, 1.82) is 0 Å². The van der Waals surface area contributed by atoms with E-state index in [9.17, 15) is 0 Å². The van der Waals surface area contributed by atoms with Crippen molar-refractivity contribution in [2.75, 3.05) is 19.7 Å². The van der Waals surface area contributed by atoms with Crippen LogP contribution in [0.4, 0.5) is 0 Å². The molecular formula is C15H22N2O. The molecule has 2 heterocycles. The highest BCUT2D eigenvalue weighted by molar-refractivity contribution is 5.14. The molecule has 0 bridgehead atoms. The molecule has 0 amide bonds. The third-order valence-corrected chi connectivity index (χ3v) is 4.45. The fourth-order valence-electron chi connectivity index (χ4n) is 3.21. The Kier molecular flexibility index (Phi) is 3.37. The average molecular weight is 246 g/mol. The van der Waals surface area contributed by atoms with Crippen LogP contribution in [-0.2, 0) is 11.3 Å². The number of nitrogens with two attached hydrogens (primary N) is 1. The van der Waals surface area contributed by atoms with Crippen molar-refractivity contribution < 1.29 is 4.74 Å². The second kappa shape index (κ2) is 5.00. The zero-order chi connectivity index (χ0) is 12.4. The van der Waals surface area contributed by atoms with Gasteiger partial charge in [-0.1, -0.05) is 30.3 Å². The van der Waals surface area contributed by atoms with Crippen molar-refractivity contribution in [1.82, 2.24) is 4.90 Å². The Hall–Kier alpha value is -0.900. The monoisotopic (exact) mass is 246 g/mol. The van der Waals surface area contributed by atoms with Gasteiger partial charge in [-0.15, -0.1) is 0 Å². The highest BCUT2D eigenvalue weighted by atomic mass is 16.5. The van der Waals surface area contributed by atoms with Crippen LogP contribution in [0.1, 0.15) is 24.8 Å². The molecular weight excluding hydrogens is 224 g/mol. The van der Waals surface area contributed by atoms with Crippen LogP contribution in [0.15, 0.2) is 30.3 Å². The Labute approximate surface area is 109 Å². The minimum absolute atomic E-state index is 0.00676. The fourth-order valence-corrected chi connectivity index (χ4v) is 3.21. The summed E-state index contributed by atoms with van der Waals surface area (Å²) >= 11 is 0. The van der Waals surface area contributed by atoms with Crippen LogP contribution in [0.2, 0.25) is 0 Å². The summed E-state index contributed by atoms with van der Waals surface area (Å²) in [5.74, 6) is 0. The van der Waals surface area contributed by atoms with Crippen molar-refractivity contribution in [2.45, 2.75) is 37.5 Å². The van der Waals surface area contributed by atoms with Gasteiger partial charge in [0.25, 0.3) is 0 Å². The number of piperidine rings is 1. The molecule has 0 aliphatic carbocycles. The van der Waals surface area contributed by atoms with Gasteiger partial charge in [0, 0.05) is 32.3 Å². The first-order valence-corrected chi connectivity index (χ1v) is 6.94. The average Bonchev–Trinajstić information content (AvgIpc) is 2.75. The standard InChI is InChI=1S/C15H22N2O/c16-14-6-11-18-15(14)7-9-17(10-8-15)12-13-4-2-1-3-5-13/h1-5,14H,6-12,16H2. The molecule has 2 aliphatic heterocycles. The summed E-state index contributed by atoms with van der Waals surface area (Å²) in [7, 11) is 0. The van der Waals surface area contributed by atoms with Gasteiger partial charge in [-0.2, -0.15) is 0 Å². The van der Waals surface area contributed by atoms with E-state index >= 15 is 0 Å². The van der Waals surface area contributed by atoms with E-state index in [-0.39, 0.29) is 11.6 Å². The van der Waals surface area contributed by atoms with Crippen LogP contribution in [0.25, 0.3) is 0 Å². The molecule has 2 aliphatic rings. The largest absolute Gasteiger partial charge is 0.373 e. The predicted molar refractivity (Wildman–Crippen MR) is 72.2 cm³/mol. The molecule has 2 N–H and O–H groups in total. The number of likely N-dealkylation sites (tertiary alicyclic amines) is 1. The first-order chi connectivity index (χ1) is 8.78. The number of benzene rings is 1. The molecule has 3 nitrogen and oxygen atoms in total. The third-order valence-electron chi connectivity index (χ3n) is 4.45. The lowest BCUT2D eigenvalue weighted by molar-refractivity contribution is -0.0522. The number of hydrogen-bond donors (Lipinski definition) is 1. The second-order valence-corrected chi connectivity index (χ2v) is 5.57. The van der Waals surface area contributed by atoms with E-state index in [0.29, 0.717) is 0 Å². The van der Waals surface area contributed by atoms with Crippen molar-refractivity contribution in [3.63, 3.8) is 0 Å². The lowest BCUT2D eigenvalue weighted by atomic mass is 9.85. The quantitative estimate of drug-likeness (QED) is 0.864. The van der Waals surface area contributed by atoms with E-state index in [1.165, 1.54) is 5.56 Å². The smallest absolute Gasteiger partial charge is 0.0857 e. The van der Waals surface area contributed by atoms with Crippen LogP contribution in [0.5, 0.6) is 0 Å². The number of hydrogen-bond acceptors (Lipinski definition) is 3. The topological polar surface area (TPSA) is 38.5 Å². The third kappa shape index (κ3) is 2.30. The van der Waals surface area contributed by atoms with Gasteiger partial charge in [0.2, 0.25) is 0 Å². The maximum Gasteiger partial charge on any atom is 0.0857 e. The van der Waals surface area contributed by atoms with Gasteiger partial charge in [0.15, 0.2) is 0 Å². The maximum atomic E-state index is 6.20. The molecule has 0 radical (unpaired) electrons. The van der Waals surface area contributed by atoms with Crippen molar-refractivity contribution in [3.8, 4) is 0 Å². The summed E-state index contributed by atoms with van der Waals surface area (Å²) in [4.78, 5) is 2.51. The van der Waals surface area contributed by atoms with Gasteiger partial charge in [0.05, 0.1) is 5.60 Å². The van der Waals surface area contributed by atoms with Gasteiger partial charge in [-0.3, -0.25) is 4.90 Å². The maximum absolute atomic E-state index is 6.20. The SMILES string of the molecule is NC1CCOC12CCN(Cc1ccccc1)CC2. The first kappa shape index (κ1) is 12.2. The normalized spacial score (nSPS) is 27.7. The Morgan fingerprint density at radius 1 is 1.22 bits per heavy atom. The zero-order valence-corrected chi connectivity index (χ0v) is 10.8. The molecule has 1 aromatic carbocycles. The van der Waals surface area contributed by atoms with Crippen LogP contribution >= 0.6 is 0 Å². The van der Waals surface area contributed by atoms with E-state index < -0.39 is 0 Å². The van der Waals surface area contributed by atoms with E-state index in [1.807, 2.05) is 0 Å². The highest BCUT2D eigenvalue weighted by Gasteiger charge is 2.44. The molecule has 1 aromatic rings. The Morgan fingerprint density at radius 3 is 2.56 bits per heavy atom. The lowest BCUT2D eigenvalue weighted by Gasteiger charge is -2.41. The fraction of sp³-hybridized carbons (Fsp3) is 0.600. The van der Waals surface area contributed by atoms with Gasteiger partial charge in [-0.25, -0.2) is 0 Å². The molecule has 3 heteroatoms. The minimum Gasteiger partial charge on any atom is -0.373 e. The minimum atomic E-state index is -0.00676. The zero-order valence-electron chi connectivity index (χ0n) is 10.8. The summed E-state index contributed by atoms with van der Waals surface area (Å²) in [6.07, 6.45) is 3.20. The van der Waals surface area contributed by atoms with E-state index in [0.717, 1.165) is 45.5 Å². The van der Waals surface area contributed by atoms with Crippen molar-refractivity contribution in [2.24, 2.45) is 5.73 Å². The summed E-state index contributed by atoms with van der Waals surface area (Å²) in [6.45, 7) is 4.09. The van der Waals surface area contributed by atoms with E-state index in [2.05, 4.69) is 35.2 Å². The van der Waals surface area contributed by atoms with Crippen LogP contribution in [0, 0.1) is 0 Å². The summed E-state index contributed by atoms with van der Waals surface area (Å²) in [6, 6.07) is 10.9. The summed E-state index contributed by atoms with van der Waals surface area (Å²) in [5, 5.41) is 0. The summed E-state index contributed by atoms with van der Waals surface area (Å²) < 4.78 is 5.94. The van der Waals surface area contributed by atoms with Crippen LogP contribution in [-0.4, -0.2) is 36.2 Å². The van der Waals surface area contributed by atoms with Crippen molar-refractivity contribution >= 4 is 0 Å². The number of nitrogens with zero attached hydrogens (tertiary/aromatic N) is 1. The second-order valence-electron chi connectivity index (χ2n) is 5.57. The molecule has 1 unspecified atom stereocenters. The molecule has 1 spiro atoms. The molecule has 98 valence electrons. The number of rotatable bonds is 2. The summed E-state index contributed by atoms with van der Waals surface area (Å²) in [5.41, 5.74) is 7.59. The van der Waals surface area contributed by atoms with Crippen LogP contribution in [0.3, 0.4) is 0 Å². The predicted octanol–water partition coefficient (Wildman–Crippen LogP) is 1.77. The first-order valence-electron chi connectivity index (χ1n) is 6.94. The van der Waals surface area contributed by atoms with Crippen LogP contribution < -0.4 is 5.73 Å². The molecule has 0 saturated carbocycles. The molecule has 0 aromatic heterocycles. The number of ether oxygens (including phenoxy) is 1. The van der Waals surface area contributed by atoms with Gasteiger partial charge < -0.3 is 10.5 Å².